The molecule has 0 saturated carbocycles. The van der Waals surface area contributed by atoms with Crippen LogP contribution in [0.25, 0.3) is 16.6 Å². The van der Waals surface area contributed by atoms with Crippen molar-refractivity contribution in [3.05, 3.63) is 95.7 Å². The summed E-state index contributed by atoms with van der Waals surface area (Å²) >= 11 is 0. The third-order valence-electron chi connectivity index (χ3n) is 5.65. The van der Waals surface area contributed by atoms with Crippen molar-refractivity contribution in [1.82, 2.24) is 4.57 Å². The van der Waals surface area contributed by atoms with Crippen molar-refractivity contribution in [1.29, 1.82) is 0 Å². The first-order chi connectivity index (χ1) is 15.3. The van der Waals surface area contributed by atoms with Gasteiger partial charge in [-0.1, -0.05) is 36.4 Å². The number of hydrogen-bond donors (Lipinski definition) is 1. The number of hydrogen-bond acceptors (Lipinski definition) is 3. The molecule has 32 heavy (non-hydrogen) atoms. The zero-order chi connectivity index (χ0) is 22.7. The average molecular weight is 448 g/mol. The van der Waals surface area contributed by atoms with E-state index in [1.54, 1.807) is 12.1 Å². The average Bonchev–Trinajstić information content (AvgIpc) is 3.14. The molecule has 0 radical (unpaired) electrons. The summed E-state index contributed by atoms with van der Waals surface area (Å²) in [7, 11) is -3.25. The molecule has 3 aromatic carbocycles. The summed E-state index contributed by atoms with van der Waals surface area (Å²) < 4.78 is 25.7. The molecule has 5 nitrogen and oxygen atoms in total. The van der Waals surface area contributed by atoms with Gasteiger partial charge in [0.25, 0.3) is 0 Å². The van der Waals surface area contributed by atoms with Crippen molar-refractivity contribution < 1.29 is 18.3 Å². The number of nitrogens with zero attached hydrogens (tertiary/aromatic N) is 1. The van der Waals surface area contributed by atoms with Gasteiger partial charge in [0.05, 0.1) is 10.4 Å². The summed E-state index contributed by atoms with van der Waals surface area (Å²) in [5.74, 6) is -0.807. The van der Waals surface area contributed by atoms with Gasteiger partial charge >= 0.3 is 5.97 Å². The molecule has 0 amide bonds. The summed E-state index contributed by atoms with van der Waals surface area (Å²) in [4.78, 5) is 11.3. The summed E-state index contributed by atoms with van der Waals surface area (Å²) in [5, 5.41) is 10.1. The second-order valence-corrected chi connectivity index (χ2v) is 10.0. The highest BCUT2D eigenvalue weighted by Crippen LogP contribution is 2.28. The number of carboxylic acids is 1. The van der Waals surface area contributed by atoms with Gasteiger partial charge in [0, 0.05) is 29.9 Å². The fraction of sp³-hybridized carbons (Fsp3) is 0.192. The van der Waals surface area contributed by atoms with Gasteiger partial charge < -0.3 is 9.67 Å². The lowest BCUT2D eigenvalue weighted by atomic mass is 10.0. The lowest BCUT2D eigenvalue weighted by Crippen LogP contribution is -1.98. The van der Waals surface area contributed by atoms with E-state index in [4.69, 9.17) is 5.11 Å². The smallest absolute Gasteiger partial charge is 0.303 e. The van der Waals surface area contributed by atoms with E-state index in [1.807, 2.05) is 42.5 Å². The zero-order valence-corrected chi connectivity index (χ0v) is 18.7. The molecule has 0 aliphatic rings. The van der Waals surface area contributed by atoms with E-state index in [0.29, 0.717) is 6.42 Å². The van der Waals surface area contributed by atoms with Crippen LogP contribution in [0.15, 0.2) is 83.9 Å². The maximum absolute atomic E-state index is 11.8. The number of sulfone groups is 1. The second kappa shape index (κ2) is 9.01. The van der Waals surface area contributed by atoms with Gasteiger partial charge in [-0.3, -0.25) is 4.79 Å². The molecule has 0 atom stereocenters. The van der Waals surface area contributed by atoms with E-state index in [1.165, 1.54) is 17.4 Å². The molecule has 4 aromatic rings. The van der Waals surface area contributed by atoms with Crippen molar-refractivity contribution in [2.75, 3.05) is 6.26 Å². The summed E-state index contributed by atoms with van der Waals surface area (Å²) in [6.45, 7) is 0. The van der Waals surface area contributed by atoms with E-state index in [0.717, 1.165) is 35.0 Å². The molecule has 164 valence electrons. The van der Waals surface area contributed by atoms with Crippen LogP contribution in [0.2, 0.25) is 0 Å². The van der Waals surface area contributed by atoms with E-state index in [2.05, 4.69) is 29.0 Å². The molecule has 4 rings (SSSR count). The van der Waals surface area contributed by atoms with Gasteiger partial charge in [-0.25, -0.2) is 8.42 Å². The highest BCUT2D eigenvalue weighted by atomic mass is 32.2. The van der Waals surface area contributed by atoms with Crippen LogP contribution in [0.3, 0.4) is 0 Å². The molecule has 0 aliphatic heterocycles. The Labute approximate surface area is 187 Å². The van der Waals surface area contributed by atoms with Crippen LogP contribution in [0, 0.1) is 0 Å². The fourth-order valence-electron chi connectivity index (χ4n) is 3.94. The number of aromatic nitrogens is 1. The molecule has 0 fully saturated rings. The molecular formula is C26H25NO4S. The molecule has 0 saturated heterocycles. The highest BCUT2D eigenvalue weighted by molar-refractivity contribution is 7.90. The number of carbonyl (C=O) groups is 1. The maximum atomic E-state index is 11.8. The van der Waals surface area contributed by atoms with E-state index in [9.17, 15) is 13.2 Å². The lowest BCUT2D eigenvalue weighted by molar-refractivity contribution is -0.136. The second-order valence-electron chi connectivity index (χ2n) is 8.02. The molecule has 6 heteroatoms. The predicted molar refractivity (Wildman–Crippen MR) is 126 cm³/mol. The van der Waals surface area contributed by atoms with Gasteiger partial charge in [0.2, 0.25) is 0 Å². The predicted octanol–water partition coefficient (Wildman–Crippen LogP) is 4.84. The molecule has 1 heterocycles. The Hall–Kier alpha value is -3.38. The Morgan fingerprint density at radius 3 is 2.25 bits per heavy atom. The van der Waals surface area contributed by atoms with Crippen LogP contribution in [-0.2, 0) is 33.9 Å². The van der Waals surface area contributed by atoms with Crippen LogP contribution >= 0.6 is 0 Å². The Bertz CT molecular complexity index is 1350. The third-order valence-corrected chi connectivity index (χ3v) is 6.78. The number of carboxylic acid groups (broad SMARTS) is 1. The van der Waals surface area contributed by atoms with Crippen LogP contribution in [0.5, 0.6) is 0 Å². The van der Waals surface area contributed by atoms with Gasteiger partial charge in [-0.05, 0) is 72.4 Å². The molecule has 1 N–H and O–H groups in total. The number of fused-ring (bicyclic) bond motifs is 1. The highest BCUT2D eigenvalue weighted by Gasteiger charge is 2.13. The van der Waals surface area contributed by atoms with Gasteiger partial charge in [-0.15, -0.1) is 0 Å². The van der Waals surface area contributed by atoms with Crippen molar-refractivity contribution in [3.8, 4) is 5.69 Å². The van der Waals surface area contributed by atoms with Crippen molar-refractivity contribution >= 4 is 26.7 Å². The van der Waals surface area contributed by atoms with E-state index in [-0.39, 0.29) is 11.3 Å². The molecule has 1 aromatic heterocycles. The molecule has 0 spiro atoms. The lowest BCUT2D eigenvalue weighted by Gasteiger charge is -2.07. The number of aliphatic carboxylic acids is 1. The van der Waals surface area contributed by atoms with Gasteiger partial charge in [0.1, 0.15) is 0 Å². The monoisotopic (exact) mass is 447 g/mol. The quantitative estimate of drug-likeness (QED) is 0.419. The fourth-order valence-corrected chi connectivity index (χ4v) is 4.57. The first kappa shape index (κ1) is 21.8. The first-order valence-corrected chi connectivity index (χ1v) is 12.4. The Morgan fingerprint density at radius 1 is 0.875 bits per heavy atom. The van der Waals surface area contributed by atoms with Gasteiger partial charge in [0.15, 0.2) is 9.84 Å². The Balaban J connectivity index is 1.74. The molecule has 0 aliphatic carbocycles. The number of aryl methyl sites for hydroxylation is 3. The van der Waals surface area contributed by atoms with Crippen molar-refractivity contribution in [3.63, 3.8) is 0 Å². The molecule has 0 bridgehead atoms. The Morgan fingerprint density at radius 2 is 1.59 bits per heavy atom. The van der Waals surface area contributed by atoms with Crippen LogP contribution in [0.1, 0.15) is 23.1 Å². The third kappa shape index (κ3) is 4.92. The number of rotatable bonds is 8. The minimum atomic E-state index is -3.25. The Kier molecular flexibility index (Phi) is 6.15. The summed E-state index contributed by atoms with van der Waals surface area (Å²) in [6.07, 6.45) is 5.62. The van der Waals surface area contributed by atoms with Crippen LogP contribution in [0.4, 0.5) is 0 Å². The number of benzene rings is 3. The minimum Gasteiger partial charge on any atom is -0.481 e. The van der Waals surface area contributed by atoms with Gasteiger partial charge in [-0.2, -0.15) is 0 Å². The normalized spacial score (nSPS) is 11.7. The minimum absolute atomic E-state index is 0.0958. The first-order valence-electron chi connectivity index (χ1n) is 10.5. The van der Waals surface area contributed by atoms with Crippen LogP contribution in [-0.4, -0.2) is 30.3 Å². The molecular weight excluding hydrogens is 422 g/mol. The SMILES string of the molecule is CS(=O)(=O)c1ccc(-n2cc(CCc3ccccc3)c3cc(CCC(=O)O)ccc32)cc1. The van der Waals surface area contributed by atoms with Crippen molar-refractivity contribution in [2.45, 2.75) is 30.6 Å². The van der Waals surface area contributed by atoms with E-state index < -0.39 is 15.8 Å². The maximum Gasteiger partial charge on any atom is 0.303 e. The summed E-state index contributed by atoms with van der Waals surface area (Å²) in [6, 6.07) is 23.2. The standard InChI is InChI=1S/C26H25NO4S/c1-32(30,31)23-13-11-22(12-14-23)27-18-21(10-7-19-5-3-2-4-6-19)24-17-20(8-15-25(24)27)9-16-26(28)29/h2-6,8,11-15,17-18H,7,9-10,16H2,1H3,(H,28,29). The summed E-state index contributed by atoms with van der Waals surface area (Å²) in [5.41, 5.74) is 5.32. The zero-order valence-electron chi connectivity index (χ0n) is 17.9. The van der Waals surface area contributed by atoms with Crippen LogP contribution < -0.4 is 0 Å². The molecule has 0 unspecified atom stereocenters. The largest absolute Gasteiger partial charge is 0.481 e. The van der Waals surface area contributed by atoms with Crippen molar-refractivity contribution in [2.24, 2.45) is 0 Å². The van der Waals surface area contributed by atoms with E-state index >= 15 is 0 Å². The topological polar surface area (TPSA) is 76.4 Å².